The molecule has 0 aliphatic rings. The number of thioether (sulfide) groups is 1. The van der Waals surface area contributed by atoms with Crippen molar-refractivity contribution in [3.63, 3.8) is 0 Å². The summed E-state index contributed by atoms with van der Waals surface area (Å²) >= 11 is 0.764. The zero-order valence-corrected chi connectivity index (χ0v) is 10.4. The lowest BCUT2D eigenvalue weighted by molar-refractivity contribution is -0.139. The number of halogens is 2. The van der Waals surface area contributed by atoms with Crippen LogP contribution in [0.4, 0.5) is 8.78 Å². The Morgan fingerprint density at radius 1 is 1.33 bits per heavy atom. The quantitative estimate of drug-likeness (QED) is 0.675. The smallest absolute Gasteiger partial charge is 0.338 e. The van der Waals surface area contributed by atoms with Crippen molar-refractivity contribution in [2.45, 2.75) is 17.1 Å². The summed E-state index contributed by atoms with van der Waals surface area (Å²) < 4.78 is 31.0. The predicted molar refractivity (Wildman–Crippen MR) is 60.7 cm³/mol. The number of carbonyl (C=O) groups excluding carboxylic acids is 1. The van der Waals surface area contributed by atoms with Gasteiger partial charge in [-0.2, -0.15) is 0 Å². The van der Waals surface area contributed by atoms with Gasteiger partial charge in [-0.05, 0) is 13.0 Å². The number of rotatable bonds is 4. The monoisotopic (exact) mass is 276 g/mol. The average molecular weight is 276 g/mol. The van der Waals surface area contributed by atoms with Gasteiger partial charge in [-0.3, -0.25) is 4.79 Å². The summed E-state index contributed by atoms with van der Waals surface area (Å²) in [5.41, 5.74) is -0.643. The lowest BCUT2D eigenvalue weighted by Crippen LogP contribution is -2.15. The van der Waals surface area contributed by atoms with E-state index in [4.69, 9.17) is 5.11 Å². The van der Waals surface area contributed by atoms with Crippen molar-refractivity contribution in [1.29, 1.82) is 0 Å². The molecule has 0 aromatic heterocycles. The number of hydrogen-bond donors (Lipinski definition) is 1. The first-order valence-electron chi connectivity index (χ1n) is 4.83. The van der Waals surface area contributed by atoms with Gasteiger partial charge in [0.1, 0.15) is 16.9 Å². The molecule has 0 aliphatic carbocycles. The van der Waals surface area contributed by atoms with Crippen molar-refractivity contribution in [3.8, 4) is 0 Å². The summed E-state index contributed by atoms with van der Waals surface area (Å²) in [5.74, 6) is -4.16. The highest BCUT2D eigenvalue weighted by Gasteiger charge is 2.20. The van der Waals surface area contributed by atoms with Gasteiger partial charge in [-0.15, -0.1) is 11.8 Å². The molecule has 1 atom stereocenters. The highest BCUT2D eigenvalue weighted by molar-refractivity contribution is 8.00. The van der Waals surface area contributed by atoms with Gasteiger partial charge in [0.25, 0.3) is 0 Å². The van der Waals surface area contributed by atoms with E-state index in [-0.39, 0.29) is 4.90 Å². The fourth-order valence-electron chi connectivity index (χ4n) is 1.19. The Labute approximate surface area is 106 Å². The molecule has 0 heterocycles. The first kappa shape index (κ1) is 14.4. The molecule has 1 unspecified atom stereocenters. The number of methoxy groups -OCH3 is 1. The molecule has 0 aliphatic heterocycles. The molecule has 4 nitrogen and oxygen atoms in total. The van der Waals surface area contributed by atoms with Crippen LogP contribution in [0.1, 0.15) is 17.3 Å². The Hall–Kier alpha value is -1.63. The molecule has 0 amide bonds. The normalized spacial score (nSPS) is 12.0. The highest BCUT2D eigenvalue weighted by atomic mass is 32.2. The summed E-state index contributed by atoms with van der Waals surface area (Å²) in [4.78, 5) is 21.7. The van der Waals surface area contributed by atoms with Gasteiger partial charge in [-0.1, -0.05) is 0 Å². The lowest BCUT2D eigenvalue weighted by atomic mass is 10.2. The van der Waals surface area contributed by atoms with Crippen LogP contribution in [0, 0.1) is 11.6 Å². The van der Waals surface area contributed by atoms with Crippen LogP contribution < -0.4 is 0 Å². The largest absolute Gasteiger partial charge is 0.478 e. The van der Waals surface area contributed by atoms with Gasteiger partial charge < -0.3 is 9.84 Å². The van der Waals surface area contributed by atoms with Crippen molar-refractivity contribution in [2.24, 2.45) is 0 Å². The number of esters is 1. The third-order valence-electron chi connectivity index (χ3n) is 2.09. The Bertz CT molecular complexity index is 490. The summed E-state index contributed by atoms with van der Waals surface area (Å²) in [6, 6.07) is 1.34. The van der Waals surface area contributed by atoms with Crippen molar-refractivity contribution < 1.29 is 28.2 Å². The molecule has 1 N–H and O–H groups in total. The molecule has 98 valence electrons. The fraction of sp³-hybridized carbons (Fsp3) is 0.273. The van der Waals surface area contributed by atoms with E-state index in [1.807, 2.05) is 0 Å². The maximum absolute atomic E-state index is 13.4. The van der Waals surface area contributed by atoms with E-state index in [9.17, 15) is 18.4 Å². The van der Waals surface area contributed by atoms with Gasteiger partial charge in [-0.25, -0.2) is 13.6 Å². The molecule has 1 aromatic rings. The zero-order chi connectivity index (χ0) is 13.9. The van der Waals surface area contributed by atoms with Crippen molar-refractivity contribution >= 4 is 23.7 Å². The van der Waals surface area contributed by atoms with E-state index in [1.54, 1.807) is 0 Å². The van der Waals surface area contributed by atoms with E-state index in [0.29, 0.717) is 6.07 Å². The molecular formula is C11H10F2O4S. The minimum absolute atomic E-state index is 0.119. The number of carboxylic acid groups (broad SMARTS) is 1. The molecule has 0 radical (unpaired) electrons. The van der Waals surface area contributed by atoms with Crippen LogP contribution in [0.15, 0.2) is 17.0 Å². The SMILES string of the molecule is COC(=O)C(C)Sc1cc(C(=O)O)c(F)cc1F. The number of benzene rings is 1. The summed E-state index contributed by atoms with van der Waals surface area (Å²) in [5, 5.41) is 7.98. The molecule has 0 bridgehead atoms. The minimum atomic E-state index is -1.50. The molecule has 1 aromatic carbocycles. The molecule has 0 saturated heterocycles. The molecule has 18 heavy (non-hydrogen) atoms. The van der Waals surface area contributed by atoms with Crippen LogP contribution in [0.3, 0.4) is 0 Å². The number of ether oxygens (including phenoxy) is 1. The maximum Gasteiger partial charge on any atom is 0.338 e. The zero-order valence-electron chi connectivity index (χ0n) is 9.57. The number of aromatic carboxylic acids is 1. The molecule has 1 rings (SSSR count). The van der Waals surface area contributed by atoms with Gasteiger partial charge in [0.2, 0.25) is 0 Å². The van der Waals surface area contributed by atoms with Crippen LogP contribution in [0.25, 0.3) is 0 Å². The lowest BCUT2D eigenvalue weighted by Gasteiger charge is -2.10. The van der Waals surface area contributed by atoms with E-state index >= 15 is 0 Å². The predicted octanol–water partition coefficient (Wildman–Crippen LogP) is 2.32. The van der Waals surface area contributed by atoms with E-state index < -0.39 is 34.4 Å². The molecule has 7 heteroatoms. The van der Waals surface area contributed by atoms with Crippen LogP contribution in [0.5, 0.6) is 0 Å². The number of carboxylic acids is 1. The summed E-state index contributed by atoms with van der Waals surface area (Å²) in [7, 11) is 1.18. The minimum Gasteiger partial charge on any atom is -0.478 e. The first-order valence-corrected chi connectivity index (χ1v) is 5.71. The van der Waals surface area contributed by atoms with Gasteiger partial charge >= 0.3 is 11.9 Å². The molecule has 0 fully saturated rings. The van der Waals surface area contributed by atoms with Crippen molar-refractivity contribution in [1.82, 2.24) is 0 Å². The van der Waals surface area contributed by atoms with E-state index in [0.717, 1.165) is 17.8 Å². The Balaban J connectivity index is 3.06. The van der Waals surface area contributed by atoms with Crippen LogP contribution >= 0.6 is 11.8 Å². The maximum atomic E-state index is 13.4. The second-order valence-corrected chi connectivity index (χ2v) is 4.73. The van der Waals surface area contributed by atoms with Crippen molar-refractivity contribution in [3.05, 3.63) is 29.3 Å². The topological polar surface area (TPSA) is 63.6 Å². The number of carbonyl (C=O) groups is 2. The third-order valence-corrected chi connectivity index (χ3v) is 3.20. The second-order valence-electron chi connectivity index (χ2n) is 3.35. The molecule has 0 spiro atoms. The Kier molecular flexibility index (Phi) is 4.66. The third kappa shape index (κ3) is 3.19. The van der Waals surface area contributed by atoms with E-state index in [2.05, 4.69) is 4.74 Å². The Morgan fingerprint density at radius 3 is 2.44 bits per heavy atom. The van der Waals surface area contributed by atoms with Gasteiger partial charge in [0.05, 0.1) is 12.7 Å². The summed E-state index contributed by atoms with van der Waals surface area (Å²) in [6.07, 6.45) is 0. The molecular weight excluding hydrogens is 266 g/mol. The summed E-state index contributed by atoms with van der Waals surface area (Å²) in [6.45, 7) is 1.47. The standard InChI is InChI=1S/C11H10F2O4S/c1-5(11(16)17-2)18-9-3-6(10(14)15)7(12)4-8(9)13/h3-5H,1-2H3,(H,14,15). The second kappa shape index (κ2) is 5.81. The van der Waals surface area contributed by atoms with Gasteiger partial charge in [0.15, 0.2) is 0 Å². The van der Waals surface area contributed by atoms with Crippen LogP contribution in [-0.2, 0) is 9.53 Å². The van der Waals surface area contributed by atoms with Gasteiger partial charge in [0, 0.05) is 11.0 Å². The highest BCUT2D eigenvalue weighted by Crippen LogP contribution is 2.28. The number of hydrogen-bond acceptors (Lipinski definition) is 4. The van der Waals surface area contributed by atoms with Crippen LogP contribution in [-0.4, -0.2) is 29.4 Å². The first-order chi connectivity index (χ1) is 8.36. The van der Waals surface area contributed by atoms with E-state index in [1.165, 1.54) is 14.0 Å². The van der Waals surface area contributed by atoms with Crippen molar-refractivity contribution in [2.75, 3.05) is 7.11 Å². The Morgan fingerprint density at radius 2 is 1.94 bits per heavy atom. The average Bonchev–Trinajstić information content (AvgIpc) is 2.30. The molecule has 0 saturated carbocycles. The fourth-order valence-corrected chi connectivity index (χ4v) is 2.12. The van der Waals surface area contributed by atoms with Crippen LogP contribution in [0.2, 0.25) is 0 Å².